The monoisotopic (exact) mass is 452 g/mol. The highest BCUT2D eigenvalue weighted by Crippen LogP contribution is 2.41. The molecule has 9 heteroatoms. The van der Waals surface area contributed by atoms with Crippen molar-refractivity contribution in [3.05, 3.63) is 57.8 Å². The van der Waals surface area contributed by atoms with Crippen molar-refractivity contribution in [3.8, 4) is 22.6 Å². The van der Waals surface area contributed by atoms with Crippen molar-refractivity contribution < 1.29 is 19.1 Å². The highest BCUT2D eigenvalue weighted by atomic mass is 32.1. The average molecular weight is 453 g/mol. The highest BCUT2D eigenvalue weighted by molar-refractivity contribution is 7.14. The SMILES string of the molecule is COc1ccc(NC(=O)N2CCc3sc(C(N)=O)c(-c4ccccc4N)c3C2)cc1OC. The summed E-state index contributed by atoms with van der Waals surface area (Å²) in [5.74, 6) is 0.608. The normalized spacial score (nSPS) is 12.8. The number of anilines is 2. The first-order valence-electron chi connectivity index (χ1n) is 10.00. The van der Waals surface area contributed by atoms with Crippen molar-refractivity contribution in [2.24, 2.45) is 5.73 Å². The van der Waals surface area contributed by atoms with Gasteiger partial charge in [0.2, 0.25) is 0 Å². The van der Waals surface area contributed by atoms with E-state index in [2.05, 4.69) is 5.32 Å². The number of carbonyl (C=O) groups excluding carboxylic acids is 2. The van der Waals surface area contributed by atoms with Gasteiger partial charge in [-0.2, -0.15) is 0 Å². The Labute approximate surface area is 189 Å². The molecule has 0 atom stereocenters. The second-order valence-electron chi connectivity index (χ2n) is 7.33. The van der Waals surface area contributed by atoms with Crippen molar-refractivity contribution in [1.29, 1.82) is 0 Å². The Bertz CT molecular complexity index is 1190. The van der Waals surface area contributed by atoms with Crippen molar-refractivity contribution >= 4 is 34.6 Å². The van der Waals surface area contributed by atoms with Gasteiger partial charge in [0.1, 0.15) is 4.88 Å². The Morgan fingerprint density at radius 3 is 2.53 bits per heavy atom. The van der Waals surface area contributed by atoms with Crippen LogP contribution in [0, 0.1) is 0 Å². The zero-order valence-electron chi connectivity index (χ0n) is 17.8. The quantitative estimate of drug-likeness (QED) is 0.510. The van der Waals surface area contributed by atoms with E-state index in [9.17, 15) is 9.59 Å². The molecule has 0 saturated heterocycles. The number of rotatable bonds is 5. The largest absolute Gasteiger partial charge is 0.493 e. The number of amides is 3. The third kappa shape index (κ3) is 3.94. The number of para-hydroxylation sites is 1. The van der Waals surface area contributed by atoms with Gasteiger partial charge in [0.15, 0.2) is 11.5 Å². The van der Waals surface area contributed by atoms with Crippen LogP contribution in [0.15, 0.2) is 42.5 Å². The van der Waals surface area contributed by atoms with Gasteiger partial charge in [0.25, 0.3) is 5.91 Å². The molecule has 0 spiro atoms. The number of nitrogens with one attached hydrogen (secondary N) is 1. The topological polar surface area (TPSA) is 120 Å². The van der Waals surface area contributed by atoms with Crippen LogP contribution in [0.25, 0.3) is 11.1 Å². The van der Waals surface area contributed by atoms with Gasteiger partial charge in [0.05, 0.1) is 14.2 Å². The van der Waals surface area contributed by atoms with Crippen LogP contribution in [0.4, 0.5) is 16.2 Å². The van der Waals surface area contributed by atoms with Crippen LogP contribution in [0.2, 0.25) is 0 Å². The molecular formula is C23H24N4O4S. The van der Waals surface area contributed by atoms with Crippen molar-refractivity contribution in [1.82, 2.24) is 4.90 Å². The van der Waals surface area contributed by atoms with Gasteiger partial charge in [-0.05, 0) is 30.2 Å². The van der Waals surface area contributed by atoms with Crippen molar-refractivity contribution in [3.63, 3.8) is 0 Å². The summed E-state index contributed by atoms with van der Waals surface area (Å²) in [7, 11) is 3.10. The number of ether oxygens (including phenoxy) is 2. The number of urea groups is 1. The van der Waals surface area contributed by atoms with Crippen LogP contribution in [0.1, 0.15) is 20.1 Å². The van der Waals surface area contributed by atoms with Crippen LogP contribution in [-0.2, 0) is 13.0 Å². The summed E-state index contributed by atoms with van der Waals surface area (Å²) in [6.45, 7) is 0.871. The number of benzene rings is 2. The molecule has 5 N–H and O–H groups in total. The minimum absolute atomic E-state index is 0.248. The van der Waals surface area contributed by atoms with E-state index in [1.54, 1.807) is 43.4 Å². The van der Waals surface area contributed by atoms with E-state index in [4.69, 9.17) is 20.9 Å². The van der Waals surface area contributed by atoms with Gasteiger partial charge in [-0.15, -0.1) is 11.3 Å². The minimum Gasteiger partial charge on any atom is -0.493 e. The first-order chi connectivity index (χ1) is 15.4. The van der Waals surface area contributed by atoms with Gasteiger partial charge in [-0.3, -0.25) is 4.79 Å². The maximum absolute atomic E-state index is 13.0. The standard InChI is InChI=1S/C23H24N4O4S/c1-30-17-8-7-13(11-18(17)31-2)26-23(29)27-10-9-19-15(12-27)20(21(32-19)22(25)28)14-5-3-4-6-16(14)24/h3-8,11H,9-10,12,24H2,1-2H3,(H2,25,28)(H,26,29). The minimum atomic E-state index is -0.496. The molecule has 1 aliphatic rings. The van der Waals surface area contributed by atoms with Crippen LogP contribution >= 0.6 is 11.3 Å². The first kappa shape index (κ1) is 21.5. The number of hydrogen-bond donors (Lipinski definition) is 3. The predicted molar refractivity (Wildman–Crippen MR) is 125 cm³/mol. The van der Waals surface area contributed by atoms with Crippen LogP contribution in [0.5, 0.6) is 11.5 Å². The zero-order valence-corrected chi connectivity index (χ0v) is 18.6. The number of nitrogens with zero attached hydrogens (tertiary/aromatic N) is 1. The number of hydrogen-bond acceptors (Lipinski definition) is 6. The molecule has 0 bridgehead atoms. The molecular weight excluding hydrogens is 428 g/mol. The highest BCUT2D eigenvalue weighted by Gasteiger charge is 2.30. The molecule has 2 heterocycles. The maximum atomic E-state index is 13.0. The van der Waals surface area contributed by atoms with Crippen LogP contribution < -0.4 is 26.3 Å². The number of nitrogens with two attached hydrogens (primary N) is 2. The summed E-state index contributed by atoms with van der Waals surface area (Å²) in [4.78, 5) is 28.4. The van der Waals surface area contributed by atoms with Gasteiger partial charge < -0.3 is 31.2 Å². The lowest BCUT2D eigenvalue weighted by Gasteiger charge is -2.28. The number of thiophene rings is 1. The van der Waals surface area contributed by atoms with E-state index in [-0.39, 0.29) is 6.03 Å². The van der Waals surface area contributed by atoms with Crippen LogP contribution in [0.3, 0.4) is 0 Å². The Morgan fingerprint density at radius 2 is 1.84 bits per heavy atom. The Balaban J connectivity index is 1.63. The average Bonchev–Trinajstić information content (AvgIpc) is 3.18. The lowest BCUT2D eigenvalue weighted by molar-refractivity contribution is 0.100. The Kier molecular flexibility index (Phi) is 5.91. The molecule has 0 fully saturated rings. The van der Waals surface area contributed by atoms with Crippen molar-refractivity contribution in [2.75, 3.05) is 31.8 Å². The summed E-state index contributed by atoms with van der Waals surface area (Å²) in [5.41, 5.74) is 15.4. The van der Waals surface area contributed by atoms with Gasteiger partial charge in [-0.25, -0.2) is 4.79 Å². The van der Waals surface area contributed by atoms with Crippen LogP contribution in [-0.4, -0.2) is 37.6 Å². The molecule has 0 radical (unpaired) electrons. The lowest BCUT2D eigenvalue weighted by Crippen LogP contribution is -2.38. The fourth-order valence-electron chi connectivity index (χ4n) is 3.86. The summed E-state index contributed by atoms with van der Waals surface area (Å²) in [6.07, 6.45) is 0.631. The Hall–Kier alpha value is -3.72. The van der Waals surface area contributed by atoms with Gasteiger partial charge in [-0.1, -0.05) is 18.2 Å². The molecule has 0 saturated carbocycles. The second kappa shape index (κ2) is 8.80. The fourth-order valence-corrected chi connectivity index (χ4v) is 5.03. The number of carbonyl (C=O) groups is 2. The smallest absolute Gasteiger partial charge is 0.322 e. The predicted octanol–water partition coefficient (Wildman–Crippen LogP) is 3.70. The number of nitrogen functional groups attached to an aromatic ring is 1. The third-order valence-corrected chi connectivity index (χ3v) is 6.73. The second-order valence-corrected chi connectivity index (χ2v) is 8.44. The molecule has 4 rings (SSSR count). The molecule has 32 heavy (non-hydrogen) atoms. The molecule has 3 amide bonds. The number of primary amides is 1. The number of fused-ring (bicyclic) bond motifs is 1. The van der Waals surface area contributed by atoms with E-state index in [0.717, 1.165) is 21.6 Å². The van der Waals surface area contributed by atoms with E-state index >= 15 is 0 Å². The molecule has 3 aromatic rings. The molecule has 0 unspecified atom stereocenters. The van der Waals surface area contributed by atoms with E-state index in [1.807, 2.05) is 18.2 Å². The first-order valence-corrected chi connectivity index (χ1v) is 10.8. The lowest BCUT2D eigenvalue weighted by atomic mass is 9.95. The molecule has 1 aromatic heterocycles. The van der Waals surface area contributed by atoms with E-state index < -0.39 is 5.91 Å². The molecule has 1 aliphatic heterocycles. The molecule has 8 nitrogen and oxygen atoms in total. The van der Waals surface area contributed by atoms with E-state index in [0.29, 0.717) is 47.3 Å². The summed E-state index contributed by atoms with van der Waals surface area (Å²) < 4.78 is 10.6. The van der Waals surface area contributed by atoms with E-state index in [1.165, 1.54) is 11.3 Å². The summed E-state index contributed by atoms with van der Waals surface area (Å²) >= 11 is 1.38. The summed E-state index contributed by atoms with van der Waals surface area (Å²) in [6, 6.07) is 12.3. The summed E-state index contributed by atoms with van der Waals surface area (Å²) in [5, 5.41) is 2.91. The molecule has 166 valence electrons. The zero-order chi connectivity index (χ0) is 22.8. The number of methoxy groups -OCH3 is 2. The van der Waals surface area contributed by atoms with Crippen molar-refractivity contribution in [2.45, 2.75) is 13.0 Å². The fraction of sp³-hybridized carbons (Fsp3) is 0.217. The van der Waals surface area contributed by atoms with Gasteiger partial charge in [0, 0.05) is 46.5 Å². The molecule has 2 aromatic carbocycles. The molecule has 0 aliphatic carbocycles. The Morgan fingerprint density at radius 1 is 1.09 bits per heavy atom. The maximum Gasteiger partial charge on any atom is 0.322 e. The third-order valence-electron chi connectivity index (χ3n) is 5.42. The van der Waals surface area contributed by atoms with Gasteiger partial charge >= 0.3 is 6.03 Å².